The van der Waals surface area contributed by atoms with E-state index in [1.54, 1.807) is 0 Å². The molecule has 0 bridgehead atoms. The van der Waals surface area contributed by atoms with E-state index >= 15 is 0 Å². The van der Waals surface area contributed by atoms with Crippen LogP contribution in [-0.4, -0.2) is 17.6 Å². The van der Waals surface area contributed by atoms with Gasteiger partial charge >= 0.3 is 5.97 Å². The number of aryl methyl sites for hydroxylation is 3. The summed E-state index contributed by atoms with van der Waals surface area (Å²) in [5.74, 6) is -0.131. The molecule has 0 aromatic carbocycles. The molecule has 1 rings (SSSR count). The zero-order valence-corrected chi connectivity index (χ0v) is 15.9. The van der Waals surface area contributed by atoms with Crippen molar-refractivity contribution >= 4 is 5.97 Å². The van der Waals surface area contributed by atoms with Gasteiger partial charge in [-0.3, -0.25) is 4.79 Å². The third-order valence-corrected chi connectivity index (χ3v) is 3.81. The van der Waals surface area contributed by atoms with Crippen molar-refractivity contribution in [2.45, 2.75) is 78.3 Å². The Morgan fingerprint density at radius 3 is 2.50 bits per heavy atom. The zero-order valence-electron chi connectivity index (χ0n) is 14.3. The van der Waals surface area contributed by atoms with Crippen LogP contribution in [0, 0.1) is 0 Å². The van der Waals surface area contributed by atoms with Crippen LogP contribution in [0.5, 0.6) is 0 Å². The maximum atomic E-state index is 11.3. The lowest BCUT2D eigenvalue weighted by Crippen LogP contribution is -3.00. The van der Waals surface area contributed by atoms with Crippen LogP contribution in [0.25, 0.3) is 0 Å². The van der Waals surface area contributed by atoms with Crippen molar-refractivity contribution in [3.8, 4) is 0 Å². The molecule has 0 amide bonds. The minimum atomic E-state index is -0.131. The Bertz CT molecular complexity index is 419. The van der Waals surface area contributed by atoms with E-state index in [1.807, 2.05) is 0 Å². The summed E-state index contributed by atoms with van der Waals surface area (Å²) in [6, 6.07) is 0. The van der Waals surface area contributed by atoms with Crippen molar-refractivity contribution < 1.29 is 31.1 Å². The Balaban J connectivity index is 0.00000441. The monoisotopic (exact) mass is 374 g/mol. The molecule has 1 aromatic rings. The van der Waals surface area contributed by atoms with Gasteiger partial charge in [0, 0.05) is 6.42 Å². The molecule has 22 heavy (non-hydrogen) atoms. The largest absolute Gasteiger partial charge is 1.00 e. The van der Waals surface area contributed by atoms with Gasteiger partial charge in [0.1, 0.15) is 11.9 Å². The number of nitrogens with zero attached hydrogens (tertiary/aromatic N) is 2. The molecule has 0 saturated heterocycles. The summed E-state index contributed by atoms with van der Waals surface area (Å²) in [6.07, 6.45) is 13.0. The van der Waals surface area contributed by atoms with Gasteiger partial charge < -0.3 is 21.7 Å². The molecule has 0 spiro atoms. The zero-order chi connectivity index (χ0) is 15.5. The molecule has 0 N–H and O–H groups in total. The summed E-state index contributed by atoms with van der Waals surface area (Å²) in [5.41, 5.74) is 1.24. The molecule has 1 aromatic heterocycles. The number of carbonyl (C=O) groups is 1. The van der Waals surface area contributed by atoms with Crippen molar-refractivity contribution in [1.82, 2.24) is 4.57 Å². The normalized spacial score (nSPS) is 10.3. The molecule has 4 nitrogen and oxygen atoms in total. The van der Waals surface area contributed by atoms with E-state index in [2.05, 4.69) is 35.5 Å². The van der Waals surface area contributed by atoms with Crippen LogP contribution < -0.4 is 21.5 Å². The second-order valence-electron chi connectivity index (χ2n) is 5.66. The highest BCUT2D eigenvalue weighted by Crippen LogP contribution is 2.05. The number of hydrogen-bond acceptors (Lipinski definition) is 2. The summed E-state index contributed by atoms with van der Waals surface area (Å²) in [4.78, 5) is 11.3. The van der Waals surface area contributed by atoms with Crippen LogP contribution in [0.3, 0.4) is 0 Å². The van der Waals surface area contributed by atoms with E-state index in [1.165, 1.54) is 51.3 Å². The first-order chi connectivity index (χ1) is 10.2. The Kier molecular flexibility index (Phi) is 12.2. The molecule has 0 saturated carbocycles. The van der Waals surface area contributed by atoms with Gasteiger partial charge in [-0.25, -0.2) is 9.13 Å². The molecular weight excluding hydrogens is 344 g/mol. The lowest BCUT2D eigenvalue weighted by Gasteiger charge is -2.01. The number of unbranched alkanes of at least 4 members (excludes halogenated alkanes) is 4. The van der Waals surface area contributed by atoms with Gasteiger partial charge in [0.05, 0.1) is 26.6 Å². The third-order valence-electron chi connectivity index (χ3n) is 3.81. The van der Waals surface area contributed by atoms with Crippen LogP contribution in [0.2, 0.25) is 0 Å². The van der Waals surface area contributed by atoms with Crippen LogP contribution in [0.15, 0.2) is 12.5 Å². The molecule has 0 aliphatic heterocycles. The number of esters is 1. The smallest absolute Gasteiger partial charge is 0.305 e. The van der Waals surface area contributed by atoms with Gasteiger partial charge in [0.2, 0.25) is 6.33 Å². The first kappa shape index (κ1) is 21.2. The molecule has 0 radical (unpaired) electrons. The molecular formula is C17H31BrN2O2. The highest BCUT2D eigenvalue weighted by Gasteiger charge is 2.14. The van der Waals surface area contributed by atoms with Crippen LogP contribution >= 0.6 is 0 Å². The number of imidazole rings is 1. The highest BCUT2D eigenvalue weighted by atomic mass is 79.9. The maximum absolute atomic E-state index is 11.3. The topological polar surface area (TPSA) is 35.1 Å². The van der Waals surface area contributed by atoms with E-state index in [4.69, 9.17) is 4.74 Å². The molecule has 0 aliphatic carbocycles. The van der Waals surface area contributed by atoms with Crippen molar-refractivity contribution in [2.24, 2.45) is 0 Å². The van der Waals surface area contributed by atoms with Crippen LogP contribution in [0.1, 0.15) is 64.5 Å². The number of halogens is 1. The second-order valence-corrected chi connectivity index (χ2v) is 5.66. The van der Waals surface area contributed by atoms with Gasteiger partial charge in [-0.1, -0.05) is 26.7 Å². The summed E-state index contributed by atoms with van der Waals surface area (Å²) in [6.45, 7) is 6.56. The van der Waals surface area contributed by atoms with Crippen LogP contribution in [-0.2, 0) is 29.0 Å². The maximum Gasteiger partial charge on any atom is 0.305 e. The number of carbonyl (C=O) groups excluding carboxylic acids is 1. The predicted octanol–water partition coefficient (Wildman–Crippen LogP) is 0.266. The fourth-order valence-corrected chi connectivity index (χ4v) is 2.49. The fourth-order valence-electron chi connectivity index (χ4n) is 2.49. The molecule has 128 valence electrons. The van der Waals surface area contributed by atoms with E-state index < -0.39 is 0 Å². The van der Waals surface area contributed by atoms with Crippen molar-refractivity contribution in [2.75, 3.05) is 7.11 Å². The molecule has 0 atom stereocenters. The summed E-state index contributed by atoms with van der Waals surface area (Å²) >= 11 is 0. The van der Waals surface area contributed by atoms with Crippen molar-refractivity contribution in [3.05, 3.63) is 18.2 Å². The summed E-state index contributed by atoms with van der Waals surface area (Å²) in [7, 11) is 1.45. The molecule has 0 aliphatic rings. The van der Waals surface area contributed by atoms with Gasteiger partial charge in [-0.2, -0.15) is 0 Å². The Morgan fingerprint density at radius 1 is 1.18 bits per heavy atom. The first-order valence-corrected chi connectivity index (χ1v) is 8.36. The minimum Gasteiger partial charge on any atom is -1.00 e. The van der Waals surface area contributed by atoms with E-state index in [0.29, 0.717) is 6.42 Å². The quantitative estimate of drug-likeness (QED) is 0.316. The standard InChI is InChI=1S/C17H31N2O2.BrH/c1-4-6-8-12-18-14-16(10-11-17(20)21-3)19(15-18)13-9-7-5-2;/h14-15H,4-13H2,1-3H3;1H/q+1;/p-1. The number of ether oxygens (including phenoxy) is 1. The van der Waals surface area contributed by atoms with Gasteiger partial charge in [0.25, 0.3) is 0 Å². The first-order valence-electron chi connectivity index (χ1n) is 8.36. The Labute approximate surface area is 145 Å². The van der Waals surface area contributed by atoms with E-state index in [-0.39, 0.29) is 23.0 Å². The molecule has 1 heterocycles. The minimum absolute atomic E-state index is 0. The average molecular weight is 375 g/mol. The SMILES string of the molecule is CCCCCn1cc(CCC(=O)OC)[n+](CCCCC)c1.[Br-]. The second kappa shape index (κ2) is 12.7. The lowest BCUT2D eigenvalue weighted by molar-refractivity contribution is -0.703. The third kappa shape index (κ3) is 7.97. The van der Waals surface area contributed by atoms with E-state index in [9.17, 15) is 4.79 Å². The number of aromatic nitrogens is 2. The molecule has 0 fully saturated rings. The number of hydrogen-bond donors (Lipinski definition) is 0. The molecule has 5 heteroatoms. The van der Waals surface area contributed by atoms with Gasteiger partial charge in [-0.15, -0.1) is 0 Å². The number of rotatable bonds is 11. The predicted molar refractivity (Wildman–Crippen MR) is 84.0 cm³/mol. The lowest BCUT2D eigenvalue weighted by atomic mass is 10.2. The van der Waals surface area contributed by atoms with Crippen LogP contribution in [0.4, 0.5) is 0 Å². The van der Waals surface area contributed by atoms with E-state index in [0.717, 1.165) is 19.5 Å². The Morgan fingerprint density at radius 2 is 1.86 bits per heavy atom. The molecule has 0 unspecified atom stereocenters. The average Bonchev–Trinajstić information content (AvgIpc) is 2.87. The summed E-state index contributed by atoms with van der Waals surface area (Å²) < 4.78 is 9.32. The fraction of sp³-hybridized carbons (Fsp3) is 0.765. The van der Waals surface area contributed by atoms with Crippen molar-refractivity contribution in [3.63, 3.8) is 0 Å². The highest BCUT2D eigenvalue weighted by molar-refractivity contribution is 5.69. The summed E-state index contributed by atoms with van der Waals surface area (Å²) in [5, 5.41) is 0. The van der Waals surface area contributed by atoms with Gasteiger partial charge in [-0.05, 0) is 25.7 Å². The van der Waals surface area contributed by atoms with Crippen molar-refractivity contribution in [1.29, 1.82) is 0 Å². The number of methoxy groups -OCH3 is 1. The van der Waals surface area contributed by atoms with Gasteiger partial charge in [0.15, 0.2) is 0 Å². The Hall–Kier alpha value is -0.840.